The summed E-state index contributed by atoms with van der Waals surface area (Å²) in [6.07, 6.45) is -3.46. The number of aliphatic imine (C=N–C) groups is 1. The molecule has 11 heteroatoms. The summed E-state index contributed by atoms with van der Waals surface area (Å²) in [7, 11) is 0. The van der Waals surface area contributed by atoms with Gasteiger partial charge >= 0.3 is 6.18 Å². The lowest BCUT2D eigenvalue weighted by atomic mass is 10.1. The SMILES string of the molecule is O=[N+]([O-])c1ccc(NCCN=Cc2cc(Cl)cc(Cl)c2O)c(C(F)(F)F)c1. The Morgan fingerprint density at radius 2 is 1.96 bits per heavy atom. The number of phenolic OH excluding ortho intramolecular Hbond substituents is 1. The number of nitrogens with zero attached hydrogens (tertiary/aromatic N) is 2. The quantitative estimate of drug-likeness (QED) is 0.292. The van der Waals surface area contributed by atoms with Crippen molar-refractivity contribution in [2.45, 2.75) is 6.18 Å². The van der Waals surface area contributed by atoms with Crippen molar-refractivity contribution in [3.8, 4) is 5.75 Å². The molecule has 0 spiro atoms. The Hall–Kier alpha value is -2.52. The first-order chi connectivity index (χ1) is 12.6. The number of nitro benzene ring substituents is 1. The highest BCUT2D eigenvalue weighted by Gasteiger charge is 2.35. The molecule has 0 aliphatic carbocycles. The maximum Gasteiger partial charge on any atom is 0.418 e. The first-order valence-corrected chi connectivity index (χ1v) is 8.12. The minimum absolute atomic E-state index is 0.0203. The van der Waals surface area contributed by atoms with Gasteiger partial charge in [0.25, 0.3) is 5.69 Å². The van der Waals surface area contributed by atoms with Crippen molar-refractivity contribution in [3.05, 3.63) is 61.6 Å². The van der Waals surface area contributed by atoms with Crippen LogP contribution in [0.2, 0.25) is 10.0 Å². The average Bonchev–Trinajstić information content (AvgIpc) is 2.57. The molecule has 0 saturated carbocycles. The van der Waals surface area contributed by atoms with E-state index < -0.39 is 22.4 Å². The van der Waals surface area contributed by atoms with E-state index in [1.807, 2.05) is 0 Å². The zero-order chi connectivity index (χ0) is 20.2. The molecule has 0 aliphatic rings. The predicted molar refractivity (Wildman–Crippen MR) is 97.2 cm³/mol. The first-order valence-electron chi connectivity index (χ1n) is 7.37. The van der Waals surface area contributed by atoms with Gasteiger partial charge in [-0.3, -0.25) is 15.1 Å². The van der Waals surface area contributed by atoms with E-state index in [0.717, 1.165) is 12.1 Å². The fourth-order valence-electron chi connectivity index (χ4n) is 2.14. The van der Waals surface area contributed by atoms with Gasteiger partial charge in [-0.1, -0.05) is 23.2 Å². The van der Waals surface area contributed by atoms with Crippen LogP contribution in [0.3, 0.4) is 0 Å². The minimum Gasteiger partial charge on any atom is -0.506 e. The summed E-state index contributed by atoms with van der Waals surface area (Å²) in [5, 5.41) is 23.3. The summed E-state index contributed by atoms with van der Waals surface area (Å²) < 4.78 is 39.2. The standard InChI is InChI=1S/C16H12Cl2F3N3O3/c17-10-5-9(15(25)13(18)6-10)8-22-3-4-23-14-2-1-11(24(26)27)7-12(14)16(19,20)21/h1-2,5-8,23,25H,3-4H2. The summed E-state index contributed by atoms with van der Waals surface area (Å²) in [5.74, 6) is -0.215. The number of phenols is 1. The van der Waals surface area contributed by atoms with Crippen molar-refractivity contribution in [1.29, 1.82) is 0 Å². The van der Waals surface area contributed by atoms with E-state index in [4.69, 9.17) is 23.2 Å². The van der Waals surface area contributed by atoms with E-state index in [2.05, 4.69) is 10.3 Å². The molecule has 2 aromatic rings. The number of nitro groups is 1. The Morgan fingerprint density at radius 1 is 1.26 bits per heavy atom. The lowest BCUT2D eigenvalue weighted by Gasteiger charge is -2.13. The number of non-ortho nitro benzene ring substituents is 1. The second-order valence-corrected chi connectivity index (χ2v) is 6.12. The average molecular weight is 422 g/mol. The Morgan fingerprint density at radius 3 is 2.59 bits per heavy atom. The van der Waals surface area contributed by atoms with Gasteiger partial charge in [0, 0.05) is 41.2 Å². The van der Waals surface area contributed by atoms with Crippen LogP contribution in [-0.2, 0) is 6.18 Å². The third-order valence-corrected chi connectivity index (χ3v) is 3.87. The molecule has 144 valence electrons. The van der Waals surface area contributed by atoms with Crippen LogP contribution in [-0.4, -0.2) is 29.3 Å². The van der Waals surface area contributed by atoms with Crippen LogP contribution in [0.25, 0.3) is 0 Å². The van der Waals surface area contributed by atoms with Gasteiger partial charge in [-0.05, 0) is 18.2 Å². The van der Waals surface area contributed by atoms with E-state index in [9.17, 15) is 28.4 Å². The fraction of sp³-hybridized carbons (Fsp3) is 0.188. The number of nitrogens with one attached hydrogen (secondary N) is 1. The summed E-state index contributed by atoms with van der Waals surface area (Å²) in [5.41, 5.74) is -1.82. The van der Waals surface area contributed by atoms with Gasteiger partial charge in [0.2, 0.25) is 0 Å². The molecule has 0 aromatic heterocycles. The second kappa shape index (κ2) is 8.45. The zero-order valence-electron chi connectivity index (χ0n) is 13.4. The first kappa shape index (κ1) is 20.8. The van der Waals surface area contributed by atoms with E-state index in [-0.39, 0.29) is 40.1 Å². The molecular formula is C16H12Cl2F3N3O3. The molecule has 0 heterocycles. The Bertz CT molecular complexity index is 889. The van der Waals surface area contributed by atoms with E-state index in [0.29, 0.717) is 6.07 Å². The van der Waals surface area contributed by atoms with Gasteiger partial charge in [-0.25, -0.2) is 0 Å². The Kier molecular flexibility index (Phi) is 6.50. The third-order valence-electron chi connectivity index (χ3n) is 3.36. The zero-order valence-corrected chi connectivity index (χ0v) is 14.9. The van der Waals surface area contributed by atoms with Crippen molar-refractivity contribution in [2.75, 3.05) is 18.4 Å². The van der Waals surface area contributed by atoms with Gasteiger partial charge in [-0.15, -0.1) is 0 Å². The van der Waals surface area contributed by atoms with Crippen LogP contribution in [0.1, 0.15) is 11.1 Å². The summed E-state index contributed by atoms with van der Waals surface area (Å²) in [6.45, 7) is 0.0876. The minimum atomic E-state index is -4.75. The number of anilines is 1. The highest BCUT2D eigenvalue weighted by atomic mass is 35.5. The number of halogens is 5. The van der Waals surface area contributed by atoms with Crippen LogP contribution in [0.4, 0.5) is 24.5 Å². The van der Waals surface area contributed by atoms with Crippen molar-refractivity contribution < 1.29 is 23.2 Å². The molecule has 0 atom stereocenters. The molecule has 2 aromatic carbocycles. The molecule has 0 aliphatic heterocycles. The Labute approximate surface area is 161 Å². The van der Waals surface area contributed by atoms with Crippen LogP contribution < -0.4 is 5.32 Å². The molecule has 0 radical (unpaired) electrons. The molecule has 0 amide bonds. The maximum absolute atomic E-state index is 13.1. The molecule has 2 rings (SSSR count). The van der Waals surface area contributed by atoms with E-state index >= 15 is 0 Å². The molecular weight excluding hydrogens is 410 g/mol. The molecule has 0 unspecified atom stereocenters. The maximum atomic E-state index is 13.1. The summed E-state index contributed by atoms with van der Waals surface area (Å²) >= 11 is 11.6. The lowest BCUT2D eigenvalue weighted by Crippen LogP contribution is -2.13. The van der Waals surface area contributed by atoms with Crippen molar-refractivity contribution >= 4 is 40.8 Å². The van der Waals surface area contributed by atoms with Crippen LogP contribution in [0.15, 0.2) is 35.3 Å². The van der Waals surface area contributed by atoms with Gasteiger partial charge in [-0.2, -0.15) is 13.2 Å². The number of benzene rings is 2. The van der Waals surface area contributed by atoms with Crippen molar-refractivity contribution in [3.63, 3.8) is 0 Å². The largest absolute Gasteiger partial charge is 0.506 e. The predicted octanol–water partition coefficient (Wildman–Crippen LogP) is 5.16. The molecule has 2 N–H and O–H groups in total. The highest BCUT2D eigenvalue weighted by Crippen LogP contribution is 2.37. The summed E-state index contributed by atoms with van der Waals surface area (Å²) in [6, 6.07) is 5.22. The lowest BCUT2D eigenvalue weighted by molar-refractivity contribution is -0.385. The number of hydrogen-bond donors (Lipinski definition) is 2. The molecule has 0 fully saturated rings. The van der Waals surface area contributed by atoms with Crippen LogP contribution in [0, 0.1) is 10.1 Å². The monoisotopic (exact) mass is 421 g/mol. The number of alkyl halides is 3. The number of hydrogen-bond acceptors (Lipinski definition) is 5. The van der Waals surface area contributed by atoms with Gasteiger partial charge < -0.3 is 10.4 Å². The number of rotatable bonds is 6. The smallest absolute Gasteiger partial charge is 0.418 e. The Balaban J connectivity index is 2.06. The van der Waals surface area contributed by atoms with Crippen LogP contribution >= 0.6 is 23.2 Å². The van der Waals surface area contributed by atoms with Gasteiger partial charge in [0.15, 0.2) is 0 Å². The third kappa shape index (κ3) is 5.48. The van der Waals surface area contributed by atoms with Crippen molar-refractivity contribution in [2.24, 2.45) is 4.99 Å². The normalized spacial score (nSPS) is 11.7. The van der Waals surface area contributed by atoms with Crippen LogP contribution in [0.5, 0.6) is 5.75 Å². The highest BCUT2D eigenvalue weighted by molar-refractivity contribution is 6.36. The molecule has 0 bridgehead atoms. The van der Waals surface area contributed by atoms with E-state index in [1.54, 1.807) is 0 Å². The summed E-state index contributed by atoms with van der Waals surface area (Å²) in [4.78, 5) is 13.7. The fourth-order valence-corrected chi connectivity index (χ4v) is 2.65. The topological polar surface area (TPSA) is 87.8 Å². The molecule has 0 saturated heterocycles. The van der Waals surface area contributed by atoms with E-state index in [1.165, 1.54) is 18.3 Å². The van der Waals surface area contributed by atoms with Gasteiger partial charge in [0.05, 0.1) is 22.1 Å². The van der Waals surface area contributed by atoms with Gasteiger partial charge in [0.1, 0.15) is 5.75 Å². The second-order valence-electron chi connectivity index (χ2n) is 5.27. The number of aromatic hydroxyl groups is 1. The molecule has 27 heavy (non-hydrogen) atoms. The molecule has 6 nitrogen and oxygen atoms in total. The van der Waals surface area contributed by atoms with Crippen molar-refractivity contribution in [1.82, 2.24) is 0 Å².